The molecular weight excluding hydrogens is 273 g/mol. The Morgan fingerprint density at radius 3 is 2.94 bits per heavy atom. The van der Waals surface area contributed by atoms with E-state index in [1.165, 1.54) is 6.07 Å². The van der Waals surface area contributed by atoms with Crippen LogP contribution in [0, 0.1) is 12.7 Å². The first kappa shape index (κ1) is 11.2. The third-order valence-corrected chi connectivity index (χ3v) is 2.91. The maximum atomic E-state index is 13.2. The Morgan fingerprint density at radius 1 is 1.44 bits per heavy atom. The van der Waals surface area contributed by atoms with Crippen LogP contribution in [-0.4, -0.2) is 0 Å². The lowest BCUT2D eigenvalue weighted by molar-refractivity contribution is 0.518. The fraction of sp³-hybridized carbons (Fsp3) is 0.167. The molecule has 2 aromatic rings. The third kappa shape index (κ3) is 2.44. The molecule has 0 amide bonds. The summed E-state index contributed by atoms with van der Waals surface area (Å²) in [6, 6.07) is 6.95. The molecule has 0 aliphatic heterocycles. The van der Waals surface area contributed by atoms with Crippen LogP contribution in [-0.2, 0) is 6.54 Å². The maximum absolute atomic E-state index is 13.2. The fourth-order valence-electron chi connectivity index (χ4n) is 1.43. The molecule has 0 bridgehead atoms. The molecule has 16 heavy (non-hydrogen) atoms. The van der Waals surface area contributed by atoms with Crippen LogP contribution >= 0.6 is 15.9 Å². The number of anilines is 1. The standard InChI is InChI=1S/C12H11BrFNO/c1-8-5-11(14)10(13)6-12(8)15-7-9-3-2-4-16-9/h2-6,15H,7H2,1H3. The van der Waals surface area contributed by atoms with Crippen LogP contribution in [0.5, 0.6) is 0 Å². The van der Waals surface area contributed by atoms with Crippen molar-refractivity contribution in [1.29, 1.82) is 0 Å². The largest absolute Gasteiger partial charge is 0.467 e. The average Bonchev–Trinajstić information content (AvgIpc) is 2.74. The molecule has 2 nitrogen and oxygen atoms in total. The van der Waals surface area contributed by atoms with Gasteiger partial charge in [-0.15, -0.1) is 0 Å². The molecule has 0 unspecified atom stereocenters. The van der Waals surface area contributed by atoms with Crippen LogP contribution in [0.15, 0.2) is 39.4 Å². The molecule has 0 spiro atoms. The zero-order valence-electron chi connectivity index (χ0n) is 8.76. The Kier molecular flexibility index (Phi) is 3.29. The first-order chi connectivity index (χ1) is 7.66. The van der Waals surface area contributed by atoms with E-state index in [2.05, 4.69) is 21.2 Å². The van der Waals surface area contributed by atoms with E-state index in [-0.39, 0.29) is 5.82 Å². The predicted molar refractivity (Wildman–Crippen MR) is 64.9 cm³/mol. The maximum Gasteiger partial charge on any atom is 0.137 e. The fourth-order valence-corrected chi connectivity index (χ4v) is 1.78. The van der Waals surface area contributed by atoms with Gasteiger partial charge in [0.15, 0.2) is 0 Å². The third-order valence-electron chi connectivity index (χ3n) is 2.30. The molecule has 0 fully saturated rings. The van der Waals surface area contributed by atoms with E-state index < -0.39 is 0 Å². The van der Waals surface area contributed by atoms with Crippen LogP contribution in [0.2, 0.25) is 0 Å². The van der Waals surface area contributed by atoms with Gasteiger partial charge in [0.25, 0.3) is 0 Å². The minimum atomic E-state index is -0.249. The van der Waals surface area contributed by atoms with Crippen molar-refractivity contribution in [3.63, 3.8) is 0 Å². The first-order valence-corrected chi connectivity index (χ1v) is 5.68. The Bertz CT molecular complexity index is 482. The number of hydrogen-bond acceptors (Lipinski definition) is 2. The van der Waals surface area contributed by atoms with Gasteiger partial charge in [-0.25, -0.2) is 4.39 Å². The van der Waals surface area contributed by atoms with E-state index in [4.69, 9.17) is 4.42 Å². The summed E-state index contributed by atoms with van der Waals surface area (Å²) in [5, 5.41) is 3.19. The molecule has 1 N–H and O–H groups in total. The van der Waals surface area contributed by atoms with E-state index >= 15 is 0 Å². The van der Waals surface area contributed by atoms with Gasteiger partial charge in [-0.3, -0.25) is 0 Å². The highest BCUT2D eigenvalue weighted by atomic mass is 79.9. The smallest absolute Gasteiger partial charge is 0.137 e. The van der Waals surface area contributed by atoms with Crippen LogP contribution in [0.3, 0.4) is 0 Å². The van der Waals surface area contributed by atoms with E-state index in [0.717, 1.165) is 17.0 Å². The van der Waals surface area contributed by atoms with Gasteiger partial charge in [0.1, 0.15) is 11.6 Å². The Morgan fingerprint density at radius 2 is 2.25 bits per heavy atom. The van der Waals surface area contributed by atoms with Crippen LogP contribution in [0.4, 0.5) is 10.1 Å². The molecule has 1 aromatic heterocycles. The van der Waals surface area contributed by atoms with Gasteiger partial charge in [-0.1, -0.05) is 0 Å². The van der Waals surface area contributed by atoms with Crippen LogP contribution < -0.4 is 5.32 Å². The van der Waals surface area contributed by atoms with Crippen molar-refractivity contribution in [3.8, 4) is 0 Å². The number of hydrogen-bond donors (Lipinski definition) is 1. The molecule has 0 aliphatic rings. The van der Waals surface area contributed by atoms with Gasteiger partial charge in [0, 0.05) is 5.69 Å². The SMILES string of the molecule is Cc1cc(F)c(Br)cc1NCc1ccco1. The van der Waals surface area contributed by atoms with Gasteiger partial charge >= 0.3 is 0 Å². The summed E-state index contributed by atoms with van der Waals surface area (Å²) in [7, 11) is 0. The van der Waals surface area contributed by atoms with Gasteiger partial charge in [-0.05, 0) is 52.7 Å². The number of furan rings is 1. The minimum absolute atomic E-state index is 0.249. The van der Waals surface area contributed by atoms with E-state index in [0.29, 0.717) is 11.0 Å². The highest BCUT2D eigenvalue weighted by molar-refractivity contribution is 9.10. The number of nitrogens with one attached hydrogen (secondary N) is 1. The van der Waals surface area contributed by atoms with Gasteiger partial charge in [-0.2, -0.15) is 0 Å². The van der Waals surface area contributed by atoms with Crippen molar-refractivity contribution in [2.24, 2.45) is 0 Å². The molecule has 4 heteroatoms. The molecule has 0 radical (unpaired) electrons. The molecular formula is C12H11BrFNO. The average molecular weight is 284 g/mol. The summed E-state index contributed by atoms with van der Waals surface area (Å²) < 4.78 is 18.8. The van der Waals surface area contributed by atoms with E-state index in [9.17, 15) is 4.39 Å². The molecule has 1 aromatic carbocycles. The topological polar surface area (TPSA) is 25.2 Å². The second-order valence-corrected chi connectivity index (χ2v) is 4.37. The summed E-state index contributed by atoms with van der Waals surface area (Å²) in [5.41, 5.74) is 1.76. The van der Waals surface area contributed by atoms with Crippen LogP contribution in [0.25, 0.3) is 0 Å². The first-order valence-electron chi connectivity index (χ1n) is 4.88. The predicted octanol–water partition coefficient (Wildman–Crippen LogP) is 4.10. The summed E-state index contributed by atoms with van der Waals surface area (Å²) in [5.74, 6) is 0.598. The Hall–Kier alpha value is -1.29. The molecule has 84 valence electrons. The van der Waals surface area contributed by atoms with Crippen molar-refractivity contribution >= 4 is 21.6 Å². The van der Waals surface area contributed by atoms with Crippen molar-refractivity contribution in [2.45, 2.75) is 13.5 Å². The monoisotopic (exact) mass is 283 g/mol. The highest BCUT2D eigenvalue weighted by Crippen LogP contribution is 2.24. The zero-order chi connectivity index (χ0) is 11.5. The zero-order valence-corrected chi connectivity index (χ0v) is 10.3. The summed E-state index contributed by atoms with van der Waals surface area (Å²) in [6.07, 6.45) is 1.63. The second-order valence-electron chi connectivity index (χ2n) is 3.51. The van der Waals surface area contributed by atoms with Crippen molar-refractivity contribution in [3.05, 3.63) is 52.1 Å². The van der Waals surface area contributed by atoms with E-state index in [1.54, 1.807) is 12.3 Å². The number of benzene rings is 1. The normalized spacial score (nSPS) is 10.4. The summed E-state index contributed by atoms with van der Waals surface area (Å²) in [4.78, 5) is 0. The van der Waals surface area contributed by atoms with E-state index in [1.807, 2.05) is 19.1 Å². The number of halogens is 2. The summed E-state index contributed by atoms with van der Waals surface area (Å²) in [6.45, 7) is 2.45. The molecule has 0 saturated carbocycles. The van der Waals surface area contributed by atoms with Gasteiger partial charge < -0.3 is 9.73 Å². The Balaban J connectivity index is 2.12. The number of aryl methyl sites for hydroxylation is 1. The van der Waals surface area contributed by atoms with Crippen molar-refractivity contribution in [2.75, 3.05) is 5.32 Å². The lowest BCUT2D eigenvalue weighted by Crippen LogP contribution is -2.00. The molecule has 1 heterocycles. The van der Waals surface area contributed by atoms with Gasteiger partial charge in [0.05, 0.1) is 17.3 Å². The number of rotatable bonds is 3. The lowest BCUT2D eigenvalue weighted by Gasteiger charge is -2.09. The Labute approximate surface area is 102 Å². The van der Waals surface area contributed by atoms with Gasteiger partial charge in [0.2, 0.25) is 0 Å². The minimum Gasteiger partial charge on any atom is -0.467 e. The quantitative estimate of drug-likeness (QED) is 0.917. The molecule has 0 atom stereocenters. The highest BCUT2D eigenvalue weighted by Gasteiger charge is 2.05. The summed E-state index contributed by atoms with van der Waals surface area (Å²) >= 11 is 3.16. The van der Waals surface area contributed by atoms with Crippen molar-refractivity contribution in [1.82, 2.24) is 0 Å². The molecule has 0 aliphatic carbocycles. The molecule has 2 rings (SSSR count). The van der Waals surface area contributed by atoms with Crippen LogP contribution in [0.1, 0.15) is 11.3 Å². The lowest BCUT2D eigenvalue weighted by atomic mass is 10.2. The van der Waals surface area contributed by atoms with Crippen molar-refractivity contribution < 1.29 is 8.81 Å². The second kappa shape index (κ2) is 4.70. The molecule has 0 saturated heterocycles.